The molecule has 1 aliphatic heterocycles. The molecule has 1 aliphatic rings. The van der Waals surface area contributed by atoms with Crippen LogP contribution in [0.3, 0.4) is 0 Å². The molecule has 0 amide bonds. The van der Waals surface area contributed by atoms with Gasteiger partial charge in [-0.2, -0.15) is 4.98 Å². The topological polar surface area (TPSA) is 63.8 Å². The molecule has 1 N–H and O–H groups in total. The molecule has 100 valence electrons. The lowest BCUT2D eigenvalue weighted by molar-refractivity contribution is 0.295. The molecule has 19 heavy (non-hydrogen) atoms. The Morgan fingerprint density at radius 1 is 1.32 bits per heavy atom. The van der Waals surface area contributed by atoms with Gasteiger partial charge in [-0.15, -0.1) is 0 Å². The average Bonchev–Trinajstić information content (AvgIpc) is 2.88. The van der Waals surface area contributed by atoms with Gasteiger partial charge >= 0.3 is 0 Å². The number of hydrogen-bond acceptors (Lipinski definition) is 5. The number of pyridine rings is 1. The Labute approximate surface area is 112 Å². The standard InChI is InChI=1S/C14H18N4O/c1-9-4-3-5-12(16-9)13-17-14(19-18-13)11-6-7-15-10(2)8-11/h3-5,10-11,15H,6-8H2,1-2H3. The number of aryl methyl sites for hydroxylation is 1. The quantitative estimate of drug-likeness (QED) is 0.895. The molecule has 2 unspecified atom stereocenters. The van der Waals surface area contributed by atoms with E-state index in [0.717, 1.165) is 36.7 Å². The Kier molecular flexibility index (Phi) is 3.29. The monoisotopic (exact) mass is 258 g/mol. The van der Waals surface area contributed by atoms with Gasteiger partial charge in [0.1, 0.15) is 5.69 Å². The molecule has 3 rings (SSSR count). The van der Waals surface area contributed by atoms with Crippen LogP contribution in [-0.4, -0.2) is 27.7 Å². The van der Waals surface area contributed by atoms with Crippen LogP contribution in [0.5, 0.6) is 0 Å². The highest BCUT2D eigenvalue weighted by Gasteiger charge is 2.25. The number of nitrogens with one attached hydrogen (secondary N) is 1. The largest absolute Gasteiger partial charge is 0.339 e. The van der Waals surface area contributed by atoms with Gasteiger partial charge in [0.2, 0.25) is 11.7 Å². The number of nitrogens with zero attached hydrogens (tertiary/aromatic N) is 3. The van der Waals surface area contributed by atoms with E-state index in [0.29, 0.717) is 17.8 Å². The van der Waals surface area contributed by atoms with Gasteiger partial charge in [0.15, 0.2) is 0 Å². The molecule has 0 bridgehead atoms. The zero-order valence-electron chi connectivity index (χ0n) is 11.3. The molecule has 0 saturated carbocycles. The van der Waals surface area contributed by atoms with E-state index < -0.39 is 0 Å². The summed E-state index contributed by atoms with van der Waals surface area (Å²) in [6.45, 7) is 5.15. The lowest BCUT2D eigenvalue weighted by Gasteiger charge is -2.25. The van der Waals surface area contributed by atoms with E-state index in [1.54, 1.807) is 0 Å². The molecule has 5 nitrogen and oxygen atoms in total. The summed E-state index contributed by atoms with van der Waals surface area (Å²) in [5.74, 6) is 1.69. The van der Waals surface area contributed by atoms with Gasteiger partial charge in [0, 0.05) is 17.7 Å². The van der Waals surface area contributed by atoms with Crippen LogP contribution in [-0.2, 0) is 0 Å². The van der Waals surface area contributed by atoms with Gasteiger partial charge in [-0.1, -0.05) is 11.2 Å². The maximum atomic E-state index is 5.42. The second kappa shape index (κ2) is 5.09. The minimum absolute atomic E-state index is 0.363. The van der Waals surface area contributed by atoms with Gasteiger partial charge in [0.05, 0.1) is 0 Å². The van der Waals surface area contributed by atoms with Crippen molar-refractivity contribution in [3.8, 4) is 11.5 Å². The van der Waals surface area contributed by atoms with Crippen LogP contribution in [0.1, 0.15) is 37.3 Å². The highest BCUT2D eigenvalue weighted by Crippen LogP contribution is 2.27. The first-order valence-corrected chi connectivity index (χ1v) is 6.73. The molecular formula is C14H18N4O. The highest BCUT2D eigenvalue weighted by atomic mass is 16.5. The molecule has 0 aromatic carbocycles. The number of piperidine rings is 1. The van der Waals surface area contributed by atoms with Crippen LogP contribution in [0.15, 0.2) is 22.7 Å². The second-order valence-electron chi connectivity index (χ2n) is 5.20. The summed E-state index contributed by atoms with van der Waals surface area (Å²) in [6.07, 6.45) is 2.09. The van der Waals surface area contributed by atoms with Crippen LogP contribution >= 0.6 is 0 Å². The van der Waals surface area contributed by atoms with Crippen molar-refractivity contribution in [3.05, 3.63) is 29.8 Å². The van der Waals surface area contributed by atoms with Crippen molar-refractivity contribution in [2.24, 2.45) is 0 Å². The molecule has 3 heterocycles. The normalized spacial score (nSPS) is 23.5. The van der Waals surface area contributed by atoms with Crippen molar-refractivity contribution >= 4 is 0 Å². The van der Waals surface area contributed by atoms with Crippen LogP contribution < -0.4 is 5.32 Å². The third kappa shape index (κ3) is 2.66. The van der Waals surface area contributed by atoms with Crippen LogP contribution in [0.25, 0.3) is 11.5 Å². The Balaban J connectivity index is 1.83. The van der Waals surface area contributed by atoms with E-state index in [4.69, 9.17) is 4.52 Å². The number of aromatic nitrogens is 3. The second-order valence-corrected chi connectivity index (χ2v) is 5.20. The van der Waals surface area contributed by atoms with Crippen molar-refractivity contribution in [1.29, 1.82) is 0 Å². The maximum Gasteiger partial charge on any atom is 0.230 e. The Morgan fingerprint density at radius 3 is 3.00 bits per heavy atom. The number of rotatable bonds is 2. The molecular weight excluding hydrogens is 240 g/mol. The zero-order chi connectivity index (χ0) is 13.2. The summed E-state index contributed by atoms with van der Waals surface area (Å²) in [6, 6.07) is 6.33. The molecule has 0 spiro atoms. The van der Waals surface area contributed by atoms with Crippen LogP contribution in [0, 0.1) is 6.92 Å². The third-order valence-corrected chi connectivity index (χ3v) is 3.53. The zero-order valence-corrected chi connectivity index (χ0v) is 11.3. The highest BCUT2D eigenvalue weighted by molar-refractivity contribution is 5.48. The Hall–Kier alpha value is -1.75. The van der Waals surface area contributed by atoms with E-state index >= 15 is 0 Å². The molecule has 1 fully saturated rings. The van der Waals surface area contributed by atoms with E-state index in [9.17, 15) is 0 Å². The first-order chi connectivity index (χ1) is 9.22. The number of hydrogen-bond donors (Lipinski definition) is 1. The van der Waals surface area contributed by atoms with Crippen LogP contribution in [0.4, 0.5) is 0 Å². The van der Waals surface area contributed by atoms with E-state index in [2.05, 4.69) is 27.4 Å². The van der Waals surface area contributed by atoms with Gasteiger partial charge in [0.25, 0.3) is 0 Å². The SMILES string of the molecule is Cc1cccc(-c2noc(C3CCNC(C)C3)n2)n1. The molecule has 0 radical (unpaired) electrons. The van der Waals surface area contributed by atoms with Crippen LogP contribution in [0.2, 0.25) is 0 Å². The van der Waals surface area contributed by atoms with Gasteiger partial charge < -0.3 is 9.84 Å². The third-order valence-electron chi connectivity index (χ3n) is 3.53. The predicted octanol–water partition coefficient (Wildman–Crippen LogP) is 2.30. The fourth-order valence-corrected chi connectivity index (χ4v) is 2.53. The summed E-state index contributed by atoms with van der Waals surface area (Å²) in [7, 11) is 0. The lowest BCUT2D eigenvalue weighted by Crippen LogP contribution is -2.34. The molecule has 2 aromatic heterocycles. The molecule has 5 heteroatoms. The summed E-state index contributed by atoms with van der Waals surface area (Å²) in [5, 5.41) is 7.48. The van der Waals surface area contributed by atoms with E-state index in [1.165, 1.54) is 0 Å². The molecule has 1 saturated heterocycles. The van der Waals surface area contributed by atoms with E-state index in [1.807, 2.05) is 25.1 Å². The first kappa shape index (κ1) is 12.3. The molecule has 2 aromatic rings. The minimum Gasteiger partial charge on any atom is -0.339 e. The molecule has 0 aliphatic carbocycles. The Bertz CT molecular complexity index is 566. The summed E-state index contributed by atoms with van der Waals surface area (Å²) in [4.78, 5) is 8.93. The minimum atomic E-state index is 0.363. The maximum absolute atomic E-state index is 5.42. The fraction of sp³-hybridized carbons (Fsp3) is 0.500. The van der Waals surface area contributed by atoms with Crippen molar-refractivity contribution in [2.45, 2.75) is 38.6 Å². The molecule has 2 atom stereocenters. The lowest BCUT2D eigenvalue weighted by atomic mass is 9.93. The van der Waals surface area contributed by atoms with Gasteiger partial charge in [-0.05, 0) is 45.4 Å². The van der Waals surface area contributed by atoms with Crippen molar-refractivity contribution in [1.82, 2.24) is 20.4 Å². The smallest absolute Gasteiger partial charge is 0.230 e. The fourth-order valence-electron chi connectivity index (χ4n) is 2.53. The average molecular weight is 258 g/mol. The Morgan fingerprint density at radius 2 is 2.21 bits per heavy atom. The summed E-state index contributed by atoms with van der Waals surface area (Å²) < 4.78 is 5.42. The first-order valence-electron chi connectivity index (χ1n) is 6.73. The summed E-state index contributed by atoms with van der Waals surface area (Å²) in [5.41, 5.74) is 1.73. The predicted molar refractivity (Wildman–Crippen MR) is 71.7 cm³/mol. The van der Waals surface area contributed by atoms with Gasteiger partial charge in [-0.25, -0.2) is 4.98 Å². The van der Waals surface area contributed by atoms with Gasteiger partial charge in [-0.3, -0.25) is 0 Å². The van der Waals surface area contributed by atoms with Crippen molar-refractivity contribution in [2.75, 3.05) is 6.54 Å². The van der Waals surface area contributed by atoms with Crippen molar-refractivity contribution < 1.29 is 4.52 Å². The van der Waals surface area contributed by atoms with E-state index in [-0.39, 0.29) is 0 Å². The summed E-state index contributed by atoms with van der Waals surface area (Å²) >= 11 is 0. The van der Waals surface area contributed by atoms with Crippen molar-refractivity contribution in [3.63, 3.8) is 0 Å².